The van der Waals surface area contributed by atoms with Gasteiger partial charge in [0.05, 0.1) is 11.4 Å². The van der Waals surface area contributed by atoms with Gasteiger partial charge in [-0.05, 0) is 50.5 Å². The summed E-state index contributed by atoms with van der Waals surface area (Å²) in [7, 11) is 0. The number of hydrogen-bond acceptors (Lipinski definition) is 3. The molecule has 2 amide bonds. The van der Waals surface area contributed by atoms with E-state index in [1.165, 1.54) is 5.56 Å². The van der Waals surface area contributed by atoms with E-state index in [1.807, 2.05) is 56.3 Å². The topological polar surface area (TPSA) is 67.2 Å². The molecule has 0 saturated heterocycles. The molecule has 1 N–H and O–H groups in total. The molecule has 6 nitrogen and oxygen atoms in total. The van der Waals surface area contributed by atoms with E-state index in [4.69, 9.17) is 5.10 Å². The van der Waals surface area contributed by atoms with Crippen LogP contribution in [0.2, 0.25) is 0 Å². The highest BCUT2D eigenvalue weighted by Crippen LogP contribution is 2.28. The lowest BCUT2D eigenvalue weighted by atomic mass is 9.92. The highest BCUT2D eigenvalue weighted by molar-refractivity contribution is 6.00. The lowest BCUT2D eigenvalue weighted by molar-refractivity contribution is -0.117. The minimum Gasteiger partial charge on any atom is -0.329 e. The van der Waals surface area contributed by atoms with E-state index in [9.17, 15) is 9.59 Å². The van der Waals surface area contributed by atoms with Crippen LogP contribution in [-0.4, -0.2) is 39.6 Å². The molecule has 186 valence electrons. The lowest BCUT2D eigenvalue weighted by Crippen LogP contribution is -2.39. The average Bonchev–Trinajstić information content (AvgIpc) is 3.20. The highest BCUT2D eigenvalue weighted by Gasteiger charge is 2.24. The molecule has 35 heavy (non-hydrogen) atoms. The molecular weight excluding hydrogens is 436 g/mol. The second-order valence-corrected chi connectivity index (χ2v) is 10.3. The van der Waals surface area contributed by atoms with Gasteiger partial charge in [0.15, 0.2) is 0 Å². The second kappa shape index (κ2) is 10.9. The molecular formula is C29H38N4O2. The van der Waals surface area contributed by atoms with Crippen molar-refractivity contribution in [2.24, 2.45) is 0 Å². The molecule has 0 aliphatic rings. The summed E-state index contributed by atoms with van der Waals surface area (Å²) in [5, 5.41) is 7.88. The van der Waals surface area contributed by atoms with Crippen LogP contribution in [0.1, 0.15) is 73.3 Å². The number of aromatic nitrogens is 2. The van der Waals surface area contributed by atoms with Gasteiger partial charge in [-0.15, -0.1) is 0 Å². The number of nitrogens with one attached hydrogen (secondary N) is 1. The standard InChI is InChI=1S/C29H38N4O2/c1-8-9-16-32(28(35)23-13-11-10-12-21(23)3)19-27(34)30-26-18-25(29(5,6)7)31-33(26)24-15-14-20(2)17-22(24)4/h10-15,17-18H,8-9,16,19H2,1-7H3,(H,30,34). The predicted octanol–water partition coefficient (Wildman–Crippen LogP) is 5.98. The van der Waals surface area contributed by atoms with Crippen molar-refractivity contribution in [1.82, 2.24) is 14.7 Å². The maximum Gasteiger partial charge on any atom is 0.254 e. The summed E-state index contributed by atoms with van der Waals surface area (Å²) in [4.78, 5) is 28.2. The third-order valence-corrected chi connectivity index (χ3v) is 6.10. The summed E-state index contributed by atoms with van der Waals surface area (Å²) in [5.41, 5.74) is 5.39. The van der Waals surface area contributed by atoms with E-state index in [1.54, 1.807) is 9.58 Å². The van der Waals surface area contributed by atoms with Gasteiger partial charge < -0.3 is 10.2 Å². The first-order valence-corrected chi connectivity index (χ1v) is 12.3. The Balaban J connectivity index is 1.90. The van der Waals surface area contributed by atoms with Crippen LogP contribution in [0.25, 0.3) is 5.69 Å². The van der Waals surface area contributed by atoms with Crippen molar-refractivity contribution in [2.75, 3.05) is 18.4 Å². The van der Waals surface area contributed by atoms with Gasteiger partial charge in [-0.2, -0.15) is 5.10 Å². The van der Waals surface area contributed by atoms with Crippen molar-refractivity contribution in [1.29, 1.82) is 0 Å². The third kappa shape index (κ3) is 6.38. The Morgan fingerprint density at radius 1 is 1.00 bits per heavy atom. The first-order valence-electron chi connectivity index (χ1n) is 12.3. The average molecular weight is 475 g/mol. The molecule has 0 spiro atoms. The van der Waals surface area contributed by atoms with Crippen molar-refractivity contribution >= 4 is 17.6 Å². The molecule has 0 atom stereocenters. The number of hydrogen-bond donors (Lipinski definition) is 1. The van der Waals surface area contributed by atoms with E-state index < -0.39 is 0 Å². The molecule has 2 aromatic carbocycles. The summed E-state index contributed by atoms with van der Waals surface area (Å²) in [6, 6.07) is 15.6. The molecule has 1 heterocycles. The summed E-state index contributed by atoms with van der Waals surface area (Å²) in [6.45, 7) is 14.9. The number of carbonyl (C=O) groups excluding carboxylic acids is 2. The van der Waals surface area contributed by atoms with E-state index in [-0.39, 0.29) is 23.8 Å². The van der Waals surface area contributed by atoms with Gasteiger partial charge in [-0.1, -0.05) is 70.0 Å². The zero-order chi connectivity index (χ0) is 25.8. The zero-order valence-electron chi connectivity index (χ0n) is 22.1. The van der Waals surface area contributed by atoms with Gasteiger partial charge in [0, 0.05) is 23.6 Å². The van der Waals surface area contributed by atoms with Crippen LogP contribution in [0, 0.1) is 20.8 Å². The molecule has 0 unspecified atom stereocenters. The summed E-state index contributed by atoms with van der Waals surface area (Å²) < 4.78 is 1.80. The number of unbranched alkanes of at least 4 members (excludes halogenated alkanes) is 1. The monoisotopic (exact) mass is 474 g/mol. The molecule has 0 bridgehead atoms. The van der Waals surface area contributed by atoms with Crippen molar-refractivity contribution in [3.63, 3.8) is 0 Å². The maximum atomic E-state index is 13.3. The molecule has 3 rings (SSSR count). The first-order chi connectivity index (χ1) is 16.5. The first kappa shape index (κ1) is 26.2. The number of carbonyl (C=O) groups is 2. The number of anilines is 1. The minimum absolute atomic E-state index is 0.0178. The highest BCUT2D eigenvalue weighted by atomic mass is 16.2. The summed E-state index contributed by atoms with van der Waals surface area (Å²) in [5.74, 6) is 0.241. The Labute approximate surface area is 209 Å². The van der Waals surface area contributed by atoms with Gasteiger partial charge in [0.2, 0.25) is 5.91 Å². The summed E-state index contributed by atoms with van der Waals surface area (Å²) in [6.07, 6.45) is 1.77. The van der Waals surface area contributed by atoms with Crippen LogP contribution in [-0.2, 0) is 10.2 Å². The largest absolute Gasteiger partial charge is 0.329 e. The molecule has 0 fully saturated rings. The molecule has 0 aliphatic carbocycles. The fourth-order valence-electron chi connectivity index (χ4n) is 4.00. The fourth-order valence-corrected chi connectivity index (χ4v) is 4.00. The van der Waals surface area contributed by atoms with Crippen molar-refractivity contribution in [3.8, 4) is 5.69 Å². The van der Waals surface area contributed by atoms with Crippen LogP contribution in [0.4, 0.5) is 5.82 Å². The molecule has 0 aliphatic heterocycles. The molecule has 0 saturated carbocycles. The van der Waals surface area contributed by atoms with E-state index >= 15 is 0 Å². The quantitative estimate of drug-likeness (QED) is 0.437. The van der Waals surface area contributed by atoms with Gasteiger partial charge in [0.1, 0.15) is 12.4 Å². The Morgan fingerprint density at radius 2 is 1.71 bits per heavy atom. The number of aryl methyl sites for hydroxylation is 3. The van der Waals surface area contributed by atoms with Crippen molar-refractivity contribution in [2.45, 2.75) is 66.7 Å². The van der Waals surface area contributed by atoms with E-state index in [0.717, 1.165) is 35.3 Å². The molecule has 1 aromatic heterocycles. The Bertz CT molecular complexity index is 1200. The third-order valence-electron chi connectivity index (χ3n) is 6.10. The van der Waals surface area contributed by atoms with Crippen molar-refractivity contribution < 1.29 is 9.59 Å². The number of rotatable bonds is 8. The normalized spacial score (nSPS) is 11.4. The zero-order valence-corrected chi connectivity index (χ0v) is 22.1. The van der Waals surface area contributed by atoms with E-state index in [0.29, 0.717) is 17.9 Å². The van der Waals surface area contributed by atoms with Crippen LogP contribution in [0.3, 0.4) is 0 Å². The van der Waals surface area contributed by atoms with Crippen LogP contribution in [0.15, 0.2) is 48.5 Å². The Hall–Kier alpha value is -3.41. The number of nitrogens with zero attached hydrogens (tertiary/aromatic N) is 3. The number of amides is 2. The maximum absolute atomic E-state index is 13.3. The van der Waals surface area contributed by atoms with Gasteiger partial charge in [-0.25, -0.2) is 4.68 Å². The number of benzene rings is 2. The SMILES string of the molecule is CCCCN(CC(=O)Nc1cc(C(C)(C)C)nn1-c1ccc(C)cc1C)C(=O)c1ccccc1C. The second-order valence-electron chi connectivity index (χ2n) is 10.3. The summed E-state index contributed by atoms with van der Waals surface area (Å²) >= 11 is 0. The minimum atomic E-state index is -0.241. The fraction of sp³-hybridized carbons (Fsp3) is 0.414. The van der Waals surface area contributed by atoms with E-state index in [2.05, 4.69) is 46.0 Å². The molecule has 0 radical (unpaired) electrons. The predicted molar refractivity (Wildman–Crippen MR) is 142 cm³/mol. The Morgan fingerprint density at radius 3 is 2.34 bits per heavy atom. The Kier molecular flexibility index (Phi) is 8.15. The van der Waals surface area contributed by atoms with Gasteiger partial charge >= 0.3 is 0 Å². The molecule has 3 aromatic rings. The smallest absolute Gasteiger partial charge is 0.254 e. The van der Waals surface area contributed by atoms with Crippen LogP contribution < -0.4 is 5.32 Å². The lowest BCUT2D eigenvalue weighted by Gasteiger charge is -2.23. The van der Waals surface area contributed by atoms with Crippen molar-refractivity contribution in [3.05, 3.63) is 76.5 Å². The molecule has 6 heteroatoms. The van der Waals surface area contributed by atoms with Crippen LogP contribution >= 0.6 is 0 Å². The van der Waals surface area contributed by atoms with Gasteiger partial charge in [0.25, 0.3) is 5.91 Å². The van der Waals surface area contributed by atoms with Crippen LogP contribution in [0.5, 0.6) is 0 Å². The van der Waals surface area contributed by atoms with Gasteiger partial charge in [-0.3, -0.25) is 9.59 Å².